The van der Waals surface area contributed by atoms with Crippen LogP contribution in [0.2, 0.25) is 0 Å². The topological polar surface area (TPSA) is 59.4 Å². The number of methoxy groups -OCH3 is 1. The highest BCUT2D eigenvalue weighted by Crippen LogP contribution is 2.40. The molecule has 0 bridgehead atoms. The van der Waals surface area contributed by atoms with Crippen molar-refractivity contribution in [1.29, 1.82) is 0 Å². The number of hydrogen-bond acceptors (Lipinski definition) is 5. The third-order valence-electron chi connectivity index (χ3n) is 3.33. The number of nitrogens with zero attached hydrogens (tertiary/aromatic N) is 1. The Hall–Kier alpha value is -2.31. The summed E-state index contributed by atoms with van der Waals surface area (Å²) in [5, 5.41) is 8.88. The number of thiazole rings is 1. The second-order valence-electron chi connectivity index (χ2n) is 4.93. The Balaban J connectivity index is 2.03. The molecule has 3 aromatic rings. The van der Waals surface area contributed by atoms with Gasteiger partial charge in [0.25, 0.3) is 0 Å². The molecule has 0 amide bonds. The highest BCUT2D eigenvalue weighted by Gasteiger charge is 2.16. The molecule has 0 spiro atoms. The van der Waals surface area contributed by atoms with Crippen molar-refractivity contribution in [3.8, 4) is 27.4 Å². The van der Waals surface area contributed by atoms with Crippen LogP contribution in [0.4, 0.5) is 0 Å². The van der Waals surface area contributed by atoms with Crippen LogP contribution in [0.3, 0.4) is 0 Å². The number of aromatic nitrogens is 1. The van der Waals surface area contributed by atoms with Crippen LogP contribution >= 0.6 is 23.1 Å². The van der Waals surface area contributed by atoms with Crippen LogP contribution in [-0.4, -0.2) is 28.9 Å². The van der Waals surface area contributed by atoms with E-state index in [0.29, 0.717) is 0 Å². The van der Waals surface area contributed by atoms with Gasteiger partial charge >= 0.3 is 5.97 Å². The van der Waals surface area contributed by atoms with E-state index in [0.717, 1.165) is 31.8 Å². The molecule has 0 radical (unpaired) electrons. The van der Waals surface area contributed by atoms with Gasteiger partial charge in [0.15, 0.2) is 4.34 Å². The normalized spacial score (nSPS) is 10.5. The van der Waals surface area contributed by atoms with Crippen LogP contribution in [0, 0.1) is 0 Å². The summed E-state index contributed by atoms with van der Waals surface area (Å²) in [7, 11) is 1.64. The van der Waals surface area contributed by atoms with Gasteiger partial charge in [0, 0.05) is 5.56 Å². The van der Waals surface area contributed by atoms with Crippen LogP contribution in [0.5, 0.6) is 5.75 Å². The number of thioether (sulfide) groups is 1. The number of aliphatic carboxylic acids is 1. The van der Waals surface area contributed by atoms with Crippen molar-refractivity contribution < 1.29 is 14.6 Å². The molecular formula is C18H15NO3S2. The average molecular weight is 357 g/mol. The van der Waals surface area contributed by atoms with Gasteiger partial charge in [-0.15, -0.1) is 11.3 Å². The van der Waals surface area contributed by atoms with E-state index < -0.39 is 5.97 Å². The van der Waals surface area contributed by atoms with Gasteiger partial charge in [-0.2, -0.15) is 0 Å². The molecule has 24 heavy (non-hydrogen) atoms. The number of carbonyl (C=O) groups is 1. The quantitative estimate of drug-likeness (QED) is 0.650. The molecule has 0 saturated carbocycles. The average Bonchev–Trinajstić information content (AvgIpc) is 3.05. The molecule has 0 aliphatic heterocycles. The predicted octanol–water partition coefficient (Wildman–Crippen LogP) is 4.66. The van der Waals surface area contributed by atoms with E-state index in [9.17, 15) is 4.79 Å². The summed E-state index contributed by atoms with van der Waals surface area (Å²) in [6.07, 6.45) is 0. The lowest BCUT2D eigenvalue weighted by molar-refractivity contribution is -0.133. The van der Waals surface area contributed by atoms with Crippen molar-refractivity contribution in [3.63, 3.8) is 0 Å². The summed E-state index contributed by atoms with van der Waals surface area (Å²) < 4.78 is 5.96. The Morgan fingerprint density at radius 2 is 1.83 bits per heavy atom. The molecule has 0 aliphatic rings. The van der Waals surface area contributed by atoms with Gasteiger partial charge in [-0.05, 0) is 29.8 Å². The summed E-state index contributed by atoms with van der Waals surface area (Å²) in [6.45, 7) is 0. The minimum absolute atomic E-state index is 0.00377. The first kappa shape index (κ1) is 16.5. The lowest BCUT2D eigenvalue weighted by Crippen LogP contribution is -1.96. The maximum absolute atomic E-state index is 10.8. The Morgan fingerprint density at radius 1 is 1.12 bits per heavy atom. The fourth-order valence-corrected chi connectivity index (χ4v) is 4.11. The van der Waals surface area contributed by atoms with Crippen molar-refractivity contribution in [2.45, 2.75) is 4.34 Å². The van der Waals surface area contributed by atoms with E-state index in [4.69, 9.17) is 9.84 Å². The number of rotatable bonds is 6. The molecule has 1 heterocycles. The Bertz CT molecular complexity index is 829. The van der Waals surface area contributed by atoms with Gasteiger partial charge in [-0.25, -0.2) is 4.98 Å². The summed E-state index contributed by atoms with van der Waals surface area (Å²) in [5.41, 5.74) is 2.93. The molecule has 1 N–H and O–H groups in total. The third kappa shape index (κ3) is 3.77. The smallest absolute Gasteiger partial charge is 0.313 e. The SMILES string of the molecule is COc1ccc(-c2sc(SCC(=O)O)nc2-c2ccccc2)cc1. The van der Waals surface area contributed by atoms with E-state index in [-0.39, 0.29) is 5.75 Å². The van der Waals surface area contributed by atoms with Crippen LogP contribution in [-0.2, 0) is 4.79 Å². The molecular weight excluding hydrogens is 342 g/mol. The maximum Gasteiger partial charge on any atom is 0.313 e. The molecule has 1 aromatic heterocycles. The monoisotopic (exact) mass is 357 g/mol. The van der Waals surface area contributed by atoms with Gasteiger partial charge in [0.05, 0.1) is 23.4 Å². The first-order valence-corrected chi connectivity index (χ1v) is 9.03. The molecule has 0 atom stereocenters. The number of carboxylic acid groups (broad SMARTS) is 1. The standard InChI is InChI=1S/C18H15NO3S2/c1-22-14-9-7-13(8-10-14)17-16(12-5-3-2-4-6-12)19-18(24-17)23-11-15(20)21/h2-10H,11H2,1H3,(H,20,21). The number of benzene rings is 2. The summed E-state index contributed by atoms with van der Waals surface area (Å²) >= 11 is 2.75. The predicted molar refractivity (Wildman–Crippen MR) is 97.9 cm³/mol. The van der Waals surface area contributed by atoms with Gasteiger partial charge in [0.2, 0.25) is 0 Å². The van der Waals surface area contributed by atoms with Crippen molar-refractivity contribution in [3.05, 3.63) is 54.6 Å². The van der Waals surface area contributed by atoms with Crippen LogP contribution in [0.15, 0.2) is 58.9 Å². The highest BCUT2D eigenvalue weighted by molar-refractivity contribution is 8.01. The lowest BCUT2D eigenvalue weighted by atomic mass is 10.1. The van der Waals surface area contributed by atoms with Crippen molar-refractivity contribution >= 4 is 29.1 Å². The van der Waals surface area contributed by atoms with Crippen LogP contribution < -0.4 is 4.74 Å². The summed E-state index contributed by atoms with van der Waals surface area (Å²) in [4.78, 5) is 16.5. The molecule has 4 nitrogen and oxygen atoms in total. The zero-order chi connectivity index (χ0) is 16.9. The van der Waals surface area contributed by atoms with Crippen molar-refractivity contribution in [2.75, 3.05) is 12.9 Å². The fraction of sp³-hybridized carbons (Fsp3) is 0.111. The second-order valence-corrected chi connectivity index (χ2v) is 7.16. The Kier molecular flexibility index (Phi) is 5.17. The number of ether oxygens (including phenoxy) is 1. The number of hydrogen-bond donors (Lipinski definition) is 1. The van der Waals surface area contributed by atoms with Gasteiger partial charge in [-0.1, -0.05) is 42.1 Å². The van der Waals surface area contributed by atoms with Crippen LogP contribution in [0.1, 0.15) is 0 Å². The first-order chi connectivity index (χ1) is 11.7. The minimum atomic E-state index is -0.845. The third-order valence-corrected chi connectivity index (χ3v) is 5.56. The lowest BCUT2D eigenvalue weighted by Gasteiger charge is -2.04. The molecule has 0 aliphatic carbocycles. The summed E-state index contributed by atoms with van der Waals surface area (Å²) in [5.74, 6) is -0.0449. The maximum atomic E-state index is 10.8. The molecule has 0 unspecified atom stereocenters. The molecule has 0 saturated heterocycles. The molecule has 3 rings (SSSR count). The van der Waals surface area contributed by atoms with Crippen molar-refractivity contribution in [2.24, 2.45) is 0 Å². The first-order valence-electron chi connectivity index (χ1n) is 7.22. The van der Waals surface area contributed by atoms with Gasteiger partial charge in [-0.3, -0.25) is 4.79 Å². The molecule has 6 heteroatoms. The molecule has 2 aromatic carbocycles. The minimum Gasteiger partial charge on any atom is -0.497 e. The van der Waals surface area contributed by atoms with E-state index in [1.54, 1.807) is 7.11 Å². The van der Waals surface area contributed by atoms with E-state index in [1.165, 1.54) is 23.1 Å². The van der Waals surface area contributed by atoms with Gasteiger partial charge < -0.3 is 9.84 Å². The van der Waals surface area contributed by atoms with E-state index >= 15 is 0 Å². The molecule has 122 valence electrons. The Labute approximate surface area is 148 Å². The Morgan fingerprint density at radius 3 is 2.46 bits per heavy atom. The van der Waals surface area contributed by atoms with E-state index in [1.807, 2.05) is 54.6 Å². The van der Waals surface area contributed by atoms with Crippen molar-refractivity contribution in [1.82, 2.24) is 4.98 Å². The fourth-order valence-electron chi connectivity index (χ4n) is 2.22. The van der Waals surface area contributed by atoms with E-state index in [2.05, 4.69) is 4.98 Å². The zero-order valence-corrected chi connectivity index (χ0v) is 14.6. The van der Waals surface area contributed by atoms with Gasteiger partial charge in [0.1, 0.15) is 5.75 Å². The highest BCUT2D eigenvalue weighted by atomic mass is 32.2. The second kappa shape index (κ2) is 7.51. The number of carboxylic acids is 1. The zero-order valence-electron chi connectivity index (χ0n) is 12.9. The van der Waals surface area contributed by atoms with Crippen LogP contribution in [0.25, 0.3) is 21.7 Å². The largest absolute Gasteiger partial charge is 0.497 e. The molecule has 0 fully saturated rings. The summed E-state index contributed by atoms with van der Waals surface area (Å²) in [6, 6.07) is 17.7.